The van der Waals surface area contributed by atoms with Gasteiger partial charge in [-0.3, -0.25) is 4.79 Å². The highest BCUT2D eigenvalue weighted by Crippen LogP contribution is 2.24. The largest absolute Gasteiger partial charge is 0.432 e. The van der Waals surface area contributed by atoms with Crippen LogP contribution in [0.5, 0.6) is 0 Å². The second kappa shape index (κ2) is 2.92. The van der Waals surface area contributed by atoms with E-state index in [1.165, 1.54) is 0 Å². The van der Waals surface area contributed by atoms with Gasteiger partial charge in [0.1, 0.15) is 10.7 Å². The Morgan fingerprint density at radius 3 is 2.00 bits per heavy atom. The Morgan fingerprint density at radius 1 is 1.50 bits per heavy atom. The average Bonchev–Trinajstić information content (AvgIpc) is 1.83. The second-order valence-corrected chi connectivity index (χ2v) is 1.78. The Bertz CT molecular complexity index is 174. The molecule has 0 aliphatic carbocycles. The lowest BCUT2D eigenvalue weighted by Gasteiger charge is -2.04. The van der Waals surface area contributed by atoms with Crippen LogP contribution < -0.4 is 5.73 Å². The lowest BCUT2D eigenvalue weighted by atomic mass is 10.4. The maximum absolute atomic E-state index is 11.5. The Kier molecular flexibility index (Phi) is 2.71. The molecule has 2 N–H and O–H groups in total. The predicted molar refractivity (Wildman–Crippen MR) is 29.2 cm³/mol. The molecule has 0 unspecified atom stereocenters. The molecule has 0 amide bonds. The van der Waals surface area contributed by atoms with Crippen LogP contribution >= 0.6 is 11.6 Å². The molecule has 0 fully saturated rings. The number of hydrogen-bond donors (Lipinski definition) is 1. The van der Waals surface area contributed by atoms with E-state index in [2.05, 4.69) is 5.73 Å². The molecule has 0 aromatic rings. The maximum Gasteiger partial charge on any atom is 0.432 e. The molecule has 0 spiro atoms. The van der Waals surface area contributed by atoms with Gasteiger partial charge in [0.25, 0.3) is 0 Å². The van der Waals surface area contributed by atoms with Crippen molar-refractivity contribution in [2.75, 3.05) is 0 Å². The van der Waals surface area contributed by atoms with E-state index in [0.29, 0.717) is 0 Å². The van der Waals surface area contributed by atoms with Crippen molar-refractivity contribution in [2.45, 2.75) is 6.18 Å². The van der Waals surface area contributed by atoms with Crippen LogP contribution in [0.15, 0.2) is 10.7 Å². The molecule has 0 aliphatic rings. The molecule has 10 heavy (non-hydrogen) atoms. The van der Waals surface area contributed by atoms with E-state index in [1.807, 2.05) is 0 Å². The van der Waals surface area contributed by atoms with Crippen LogP contribution in [-0.2, 0) is 4.79 Å². The minimum absolute atomic E-state index is 0.162. The molecule has 0 aromatic heterocycles. The van der Waals surface area contributed by atoms with Crippen molar-refractivity contribution in [3.63, 3.8) is 0 Å². The number of hydrogen-bond acceptors (Lipinski definition) is 2. The predicted octanol–water partition coefficient (Wildman–Crippen LogP) is 1.16. The van der Waals surface area contributed by atoms with Crippen LogP contribution in [0.3, 0.4) is 0 Å². The molecule has 0 aliphatic heterocycles. The van der Waals surface area contributed by atoms with Crippen molar-refractivity contribution in [3.8, 4) is 0 Å². The quantitative estimate of drug-likeness (QED) is 0.478. The molecule has 0 radical (unpaired) electrons. The van der Waals surface area contributed by atoms with Gasteiger partial charge in [0, 0.05) is 0 Å². The highest BCUT2D eigenvalue weighted by molar-refractivity contribution is 6.39. The molecular formula is C4H3ClF3NO. The summed E-state index contributed by atoms with van der Waals surface area (Å²) in [6.45, 7) is 0. The van der Waals surface area contributed by atoms with E-state index in [4.69, 9.17) is 11.6 Å². The average molecular weight is 174 g/mol. The molecule has 0 saturated carbocycles. The minimum atomic E-state index is -4.72. The van der Waals surface area contributed by atoms with Gasteiger partial charge < -0.3 is 5.73 Å². The van der Waals surface area contributed by atoms with E-state index in [9.17, 15) is 18.0 Å². The van der Waals surface area contributed by atoms with Gasteiger partial charge in [-0.1, -0.05) is 11.6 Å². The topological polar surface area (TPSA) is 43.1 Å². The minimum Gasteiger partial charge on any atom is -0.393 e. The van der Waals surface area contributed by atoms with E-state index >= 15 is 0 Å². The summed E-state index contributed by atoms with van der Waals surface area (Å²) in [5.41, 5.74) is 2.83. The van der Waals surface area contributed by atoms with Gasteiger partial charge in [-0.15, -0.1) is 0 Å². The van der Waals surface area contributed by atoms with Crippen LogP contribution in [0.4, 0.5) is 13.2 Å². The zero-order chi connectivity index (χ0) is 8.36. The maximum atomic E-state index is 11.5. The van der Waals surface area contributed by atoms with Crippen molar-refractivity contribution >= 4 is 17.9 Å². The second-order valence-electron chi connectivity index (χ2n) is 1.38. The Morgan fingerprint density at radius 2 is 1.90 bits per heavy atom. The van der Waals surface area contributed by atoms with Crippen LogP contribution in [0.1, 0.15) is 0 Å². The third kappa shape index (κ3) is 2.26. The van der Waals surface area contributed by atoms with Crippen molar-refractivity contribution in [2.24, 2.45) is 5.73 Å². The first-order valence-corrected chi connectivity index (χ1v) is 2.45. The molecule has 0 aromatic carbocycles. The van der Waals surface area contributed by atoms with Crippen molar-refractivity contribution in [3.05, 3.63) is 10.7 Å². The summed E-state index contributed by atoms with van der Waals surface area (Å²) >= 11 is 4.77. The summed E-state index contributed by atoms with van der Waals surface area (Å²) in [5.74, 6) is 0. The van der Waals surface area contributed by atoms with Gasteiger partial charge in [-0.25, -0.2) is 0 Å². The van der Waals surface area contributed by atoms with Crippen LogP contribution in [0.25, 0.3) is 0 Å². The highest BCUT2D eigenvalue weighted by atomic mass is 35.5. The highest BCUT2D eigenvalue weighted by Gasteiger charge is 2.33. The van der Waals surface area contributed by atoms with Gasteiger partial charge in [-0.05, 0) is 0 Å². The SMILES string of the molecule is N/C(=C(/Cl)C=O)C(F)(F)F. The third-order valence-electron chi connectivity index (χ3n) is 0.666. The molecule has 6 heteroatoms. The first-order valence-electron chi connectivity index (χ1n) is 2.07. The first kappa shape index (κ1) is 9.29. The lowest BCUT2D eigenvalue weighted by Crippen LogP contribution is -2.20. The van der Waals surface area contributed by atoms with Crippen molar-refractivity contribution in [1.82, 2.24) is 0 Å². The smallest absolute Gasteiger partial charge is 0.393 e. The normalized spacial score (nSPS) is 14.4. The molecular weight excluding hydrogens is 170 g/mol. The van der Waals surface area contributed by atoms with Gasteiger partial charge in [0.2, 0.25) is 0 Å². The standard InChI is InChI=1S/C4H3ClF3NO/c5-2(1-10)3(9)4(6,7)8/h1H,9H2/b3-2+. The Balaban J connectivity index is 4.63. The van der Waals surface area contributed by atoms with E-state index < -0.39 is 16.9 Å². The van der Waals surface area contributed by atoms with Crippen LogP contribution in [0, 0.1) is 0 Å². The monoisotopic (exact) mass is 173 g/mol. The van der Waals surface area contributed by atoms with Crippen LogP contribution in [0.2, 0.25) is 0 Å². The fourth-order valence-corrected chi connectivity index (χ4v) is 0.306. The summed E-state index contributed by atoms with van der Waals surface area (Å²) < 4.78 is 34.4. The lowest BCUT2D eigenvalue weighted by molar-refractivity contribution is -0.107. The number of carbonyl (C=O) groups excluding carboxylic acids is 1. The van der Waals surface area contributed by atoms with E-state index in [0.717, 1.165) is 0 Å². The molecule has 0 bridgehead atoms. The zero-order valence-electron chi connectivity index (χ0n) is 4.57. The molecule has 0 rings (SSSR count). The molecule has 2 nitrogen and oxygen atoms in total. The van der Waals surface area contributed by atoms with Crippen LogP contribution in [-0.4, -0.2) is 12.5 Å². The third-order valence-corrected chi connectivity index (χ3v) is 0.959. The van der Waals surface area contributed by atoms with Crippen molar-refractivity contribution < 1.29 is 18.0 Å². The summed E-state index contributed by atoms with van der Waals surface area (Å²) in [6, 6.07) is 0. The molecule has 58 valence electrons. The van der Waals surface area contributed by atoms with Gasteiger partial charge in [-0.2, -0.15) is 13.2 Å². The molecule has 0 saturated heterocycles. The number of carbonyl (C=O) groups is 1. The van der Waals surface area contributed by atoms with E-state index in [1.54, 1.807) is 0 Å². The summed E-state index contributed by atoms with van der Waals surface area (Å²) in [4.78, 5) is 9.62. The van der Waals surface area contributed by atoms with Crippen molar-refractivity contribution in [1.29, 1.82) is 0 Å². The summed E-state index contributed by atoms with van der Waals surface area (Å²) in [5, 5.41) is -1.02. The number of allylic oxidation sites excluding steroid dienone is 2. The molecule has 0 atom stereocenters. The fourth-order valence-electron chi connectivity index (χ4n) is 0.199. The number of alkyl halides is 3. The number of nitrogens with two attached hydrogens (primary N) is 1. The van der Waals surface area contributed by atoms with Gasteiger partial charge >= 0.3 is 6.18 Å². The zero-order valence-corrected chi connectivity index (χ0v) is 5.33. The first-order chi connectivity index (χ1) is 4.39. The number of rotatable bonds is 1. The Labute approximate surface area is 59.4 Å². The number of aldehydes is 1. The summed E-state index contributed by atoms with van der Waals surface area (Å²) in [6.07, 6.45) is -4.89. The molecule has 0 heterocycles. The Hall–Kier alpha value is -0.710. The van der Waals surface area contributed by atoms with Gasteiger partial charge in [0.15, 0.2) is 6.29 Å². The van der Waals surface area contributed by atoms with E-state index in [-0.39, 0.29) is 6.29 Å². The summed E-state index contributed by atoms with van der Waals surface area (Å²) in [7, 11) is 0. The number of halogens is 4. The van der Waals surface area contributed by atoms with Gasteiger partial charge in [0.05, 0.1) is 0 Å². The fraction of sp³-hybridized carbons (Fsp3) is 0.250.